The summed E-state index contributed by atoms with van der Waals surface area (Å²) in [6, 6.07) is 12.5. The van der Waals surface area contributed by atoms with Gasteiger partial charge in [0.2, 0.25) is 5.91 Å². The Bertz CT molecular complexity index is 824. The van der Waals surface area contributed by atoms with Crippen LogP contribution in [0, 0.1) is 11.8 Å². The summed E-state index contributed by atoms with van der Waals surface area (Å²) < 4.78 is 0. The van der Waals surface area contributed by atoms with Crippen molar-refractivity contribution in [3.63, 3.8) is 0 Å². The molecule has 2 aromatic rings. The van der Waals surface area contributed by atoms with Crippen LogP contribution in [0.4, 0.5) is 11.4 Å². The molecule has 1 aromatic heterocycles. The Morgan fingerprint density at radius 2 is 1.90 bits per heavy atom. The number of amides is 1. The molecule has 1 aromatic carbocycles. The third kappa shape index (κ3) is 5.65. The van der Waals surface area contributed by atoms with Gasteiger partial charge in [0.25, 0.3) is 0 Å². The van der Waals surface area contributed by atoms with Crippen LogP contribution >= 0.6 is 0 Å². The molecule has 1 atom stereocenters. The van der Waals surface area contributed by atoms with Gasteiger partial charge in [-0.2, -0.15) is 0 Å². The second-order valence-electron chi connectivity index (χ2n) is 9.39. The Kier molecular flexibility index (Phi) is 7.23. The van der Waals surface area contributed by atoms with Crippen LogP contribution in [-0.2, 0) is 4.79 Å². The largest absolute Gasteiger partial charge is 0.369 e. The SMILES string of the molecule is CCCC(C)CN1CCC(c2ccc(NC(=O)C3CN(c4cccnc4)C3)cc2)CC1. The number of nitrogens with one attached hydrogen (secondary N) is 1. The standard InChI is InChI=1S/C26H36N4O/c1-3-5-20(2)17-29-14-11-22(12-15-29)21-7-9-24(10-8-21)28-26(31)23-18-30(19-23)25-6-4-13-27-16-25/h4,6-10,13,16,20,22-23H,3,5,11-12,14-15,17-19H2,1-2H3,(H,28,31). The van der Waals surface area contributed by atoms with E-state index in [0.29, 0.717) is 5.92 Å². The van der Waals surface area contributed by atoms with Gasteiger partial charge < -0.3 is 15.1 Å². The quantitative estimate of drug-likeness (QED) is 0.668. The molecule has 1 N–H and O–H groups in total. The van der Waals surface area contributed by atoms with Crippen molar-refractivity contribution in [2.24, 2.45) is 11.8 Å². The van der Waals surface area contributed by atoms with Crippen molar-refractivity contribution in [2.75, 3.05) is 42.9 Å². The molecule has 0 saturated carbocycles. The molecule has 2 saturated heterocycles. The number of benzene rings is 1. The van der Waals surface area contributed by atoms with E-state index in [1.165, 1.54) is 50.9 Å². The smallest absolute Gasteiger partial charge is 0.231 e. The number of anilines is 2. The predicted molar refractivity (Wildman–Crippen MR) is 127 cm³/mol. The maximum Gasteiger partial charge on any atom is 0.231 e. The van der Waals surface area contributed by atoms with Crippen LogP contribution in [0.15, 0.2) is 48.8 Å². The zero-order valence-corrected chi connectivity index (χ0v) is 19.0. The Hall–Kier alpha value is -2.40. The Morgan fingerprint density at radius 3 is 2.55 bits per heavy atom. The highest BCUT2D eigenvalue weighted by molar-refractivity contribution is 5.94. The molecule has 5 nitrogen and oxygen atoms in total. The van der Waals surface area contributed by atoms with Gasteiger partial charge in [-0.3, -0.25) is 9.78 Å². The minimum Gasteiger partial charge on any atom is -0.369 e. The lowest BCUT2D eigenvalue weighted by atomic mass is 9.89. The van der Waals surface area contributed by atoms with E-state index in [9.17, 15) is 4.79 Å². The van der Waals surface area contributed by atoms with Crippen molar-refractivity contribution >= 4 is 17.3 Å². The minimum atomic E-state index is 0.0410. The predicted octanol–water partition coefficient (Wildman–Crippen LogP) is 4.77. The van der Waals surface area contributed by atoms with Crippen LogP contribution in [0.3, 0.4) is 0 Å². The highest BCUT2D eigenvalue weighted by atomic mass is 16.2. The highest BCUT2D eigenvalue weighted by Crippen LogP contribution is 2.30. The Balaban J connectivity index is 1.22. The number of rotatable bonds is 8. The summed E-state index contributed by atoms with van der Waals surface area (Å²) in [6.07, 6.45) is 8.70. The number of carbonyl (C=O) groups excluding carboxylic acids is 1. The highest BCUT2D eigenvalue weighted by Gasteiger charge is 2.33. The van der Waals surface area contributed by atoms with Gasteiger partial charge in [0, 0.05) is 31.5 Å². The number of piperidine rings is 1. The van der Waals surface area contributed by atoms with E-state index in [-0.39, 0.29) is 11.8 Å². The molecule has 0 spiro atoms. The molecule has 31 heavy (non-hydrogen) atoms. The third-order valence-electron chi connectivity index (χ3n) is 6.85. The molecule has 3 heterocycles. The summed E-state index contributed by atoms with van der Waals surface area (Å²) in [5.41, 5.74) is 3.40. The van der Waals surface area contributed by atoms with Crippen LogP contribution < -0.4 is 10.2 Å². The fourth-order valence-electron chi connectivity index (χ4n) is 4.95. The van der Waals surface area contributed by atoms with E-state index in [1.54, 1.807) is 6.20 Å². The van der Waals surface area contributed by atoms with Crippen molar-refractivity contribution in [3.8, 4) is 0 Å². The summed E-state index contributed by atoms with van der Waals surface area (Å²) in [6.45, 7) is 9.81. The molecule has 1 unspecified atom stereocenters. The molecule has 166 valence electrons. The first kappa shape index (κ1) is 21.8. The summed E-state index contributed by atoms with van der Waals surface area (Å²) >= 11 is 0. The van der Waals surface area contributed by atoms with Gasteiger partial charge in [-0.05, 0) is 74.0 Å². The van der Waals surface area contributed by atoms with Crippen LogP contribution in [0.1, 0.15) is 51.0 Å². The van der Waals surface area contributed by atoms with Crippen molar-refractivity contribution in [1.82, 2.24) is 9.88 Å². The van der Waals surface area contributed by atoms with Crippen LogP contribution in [0.25, 0.3) is 0 Å². The number of hydrogen-bond acceptors (Lipinski definition) is 4. The van der Waals surface area contributed by atoms with Crippen molar-refractivity contribution < 1.29 is 4.79 Å². The lowest BCUT2D eigenvalue weighted by Crippen LogP contribution is -2.52. The number of hydrogen-bond donors (Lipinski definition) is 1. The molecular formula is C26H36N4O. The summed E-state index contributed by atoms with van der Waals surface area (Å²) in [5.74, 6) is 1.60. The molecule has 0 aliphatic carbocycles. The number of carbonyl (C=O) groups is 1. The van der Waals surface area contributed by atoms with Gasteiger partial charge in [-0.15, -0.1) is 0 Å². The number of nitrogens with zero attached hydrogens (tertiary/aromatic N) is 3. The molecule has 4 rings (SSSR count). The van der Waals surface area contributed by atoms with E-state index in [4.69, 9.17) is 0 Å². The molecule has 2 aliphatic rings. The van der Waals surface area contributed by atoms with Crippen molar-refractivity contribution in [3.05, 3.63) is 54.4 Å². The van der Waals surface area contributed by atoms with E-state index in [0.717, 1.165) is 30.4 Å². The molecule has 2 aliphatic heterocycles. The zero-order valence-electron chi connectivity index (χ0n) is 19.0. The normalized spacial score (nSPS) is 19.1. The molecule has 0 bridgehead atoms. The second-order valence-corrected chi connectivity index (χ2v) is 9.39. The number of pyridine rings is 1. The topological polar surface area (TPSA) is 48.5 Å². The van der Waals surface area contributed by atoms with E-state index in [1.807, 2.05) is 18.3 Å². The molecule has 1 amide bonds. The molecule has 2 fully saturated rings. The van der Waals surface area contributed by atoms with Gasteiger partial charge in [-0.25, -0.2) is 0 Å². The summed E-state index contributed by atoms with van der Waals surface area (Å²) in [7, 11) is 0. The van der Waals surface area contributed by atoms with Gasteiger partial charge in [0.05, 0.1) is 17.8 Å². The maximum absolute atomic E-state index is 12.6. The zero-order chi connectivity index (χ0) is 21.6. The van der Waals surface area contributed by atoms with Crippen molar-refractivity contribution in [2.45, 2.75) is 45.4 Å². The fraction of sp³-hybridized carbons (Fsp3) is 0.538. The van der Waals surface area contributed by atoms with Crippen LogP contribution in [0.5, 0.6) is 0 Å². The molecular weight excluding hydrogens is 384 g/mol. The van der Waals surface area contributed by atoms with E-state index >= 15 is 0 Å². The van der Waals surface area contributed by atoms with Gasteiger partial charge in [-0.1, -0.05) is 32.4 Å². The van der Waals surface area contributed by atoms with Gasteiger partial charge >= 0.3 is 0 Å². The third-order valence-corrected chi connectivity index (χ3v) is 6.85. The van der Waals surface area contributed by atoms with E-state index < -0.39 is 0 Å². The van der Waals surface area contributed by atoms with E-state index in [2.05, 4.69) is 58.2 Å². The van der Waals surface area contributed by atoms with Gasteiger partial charge in [0.1, 0.15) is 0 Å². The summed E-state index contributed by atoms with van der Waals surface area (Å²) in [5, 5.41) is 3.10. The second kappa shape index (κ2) is 10.3. The molecule has 0 radical (unpaired) electrons. The Labute approximate surface area is 186 Å². The first-order valence-electron chi connectivity index (χ1n) is 11.9. The average Bonchev–Trinajstić information content (AvgIpc) is 2.75. The Morgan fingerprint density at radius 1 is 1.16 bits per heavy atom. The van der Waals surface area contributed by atoms with Gasteiger partial charge in [0.15, 0.2) is 0 Å². The first-order chi connectivity index (χ1) is 15.1. The molecule has 5 heteroatoms. The lowest BCUT2D eigenvalue weighted by molar-refractivity contribution is -0.120. The van der Waals surface area contributed by atoms with Crippen LogP contribution in [-0.4, -0.2) is 48.5 Å². The average molecular weight is 421 g/mol. The lowest BCUT2D eigenvalue weighted by Gasteiger charge is -2.39. The van der Waals surface area contributed by atoms with Crippen LogP contribution in [0.2, 0.25) is 0 Å². The number of likely N-dealkylation sites (tertiary alicyclic amines) is 1. The maximum atomic E-state index is 12.6. The van der Waals surface area contributed by atoms with Crippen molar-refractivity contribution in [1.29, 1.82) is 0 Å². The monoisotopic (exact) mass is 420 g/mol. The summed E-state index contributed by atoms with van der Waals surface area (Å²) in [4.78, 5) is 21.5. The fourth-order valence-corrected chi connectivity index (χ4v) is 4.95. The number of aromatic nitrogens is 1. The minimum absolute atomic E-state index is 0.0410. The first-order valence-corrected chi connectivity index (χ1v) is 11.9.